The summed E-state index contributed by atoms with van der Waals surface area (Å²) in [5, 5.41) is 43.4. The number of nitrogens with one attached hydrogen (secondary N) is 11. The first-order valence-corrected chi connectivity index (χ1v) is 30.8. The predicted molar refractivity (Wildman–Crippen MR) is 336 cm³/mol. The Hall–Kier alpha value is -7.64. The van der Waals surface area contributed by atoms with Crippen molar-refractivity contribution in [1.29, 1.82) is 5.41 Å². The monoisotopic (exact) mass is 1220 g/mol. The number of aromatic amines is 1. The largest absolute Gasteiger partial charge is 0.480 e. The minimum Gasteiger partial charge on any atom is -0.480 e. The topological polar surface area (TPSA) is 426 Å². The quantitative estimate of drug-likeness (QED) is 0.0219. The molecule has 1 heterocycles. The Morgan fingerprint density at radius 1 is 0.517 bits per heavy atom. The summed E-state index contributed by atoms with van der Waals surface area (Å²) in [5.74, 6) is -8.36. The van der Waals surface area contributed by atoms with E-state index in [1.54, 1.807) is 57.3 Å². The molecule has 0 spiro atoms. The second kappa shape index (κ2) is 38.5. The normalized spacial score (nSPS) is 15.2. The number of carbonyl (C=O) groups is 9. The number of aliphatic carboxylic acids is 1. The molecule has 25 nitrogen and oxygen atoms in total. The first-order chi connectivity index (χ1) is 41.3. The summed E-state index contributed by atoms with van der Waals surface area (Å²) in [6, 6.07) is 5.28. The van der Waals surface area contributed by atoms with E-state index in [4.69, 9.17) is 28.3 Å². The van der Waals surface area contributed by atoms with E-state index in [9.17, 15) is 48.3 Å². The smallest absolute Gasteiger partial charge is 0.326 e. The van der Waals surface area contributed by atoms with E-state index >= 15 is 0 Å². The van der Waals surface area contributed by atoms with Crippen molar-refractivity contribution in [3.05, 3.63) is 71.9 Å². The molecule has 2 aromatic carbocycles. The molecule has 8 amide bonds. The SMILES string of the molecule is CC[C@H](C)[C@H](NC(=O)[C@H](CCCNC(=N)N)NC(=O)[C@H](Cc1c[nH]c2ccccc12)NC(=O)[C@@H](NC(=O)[C@H](Cc1ccccc1)NC(=O)[C@H](CCCCN)NC(=O)[C@H](CC(C)C)NC(=O)[C@H](CC(C)C)NC(=O)[C@@H](N)CCCCN)[C@@H](C)CC)C(=O)O. The second-order valence-electron chi connectivity index (χ2n) is 23.6. The first-order valence-electron chi connectivity index (χ1n) is 30.8. The van der Waals surface area contributed by atoms with Crippen molar-refractivity contribution in [2.45, 2.75) is 200 Å². The Labute approximate surface area is 512 Å². The lowest BCUT2D eigenvalue weighted by atomic mass is 9.95. The molecule has 11 atom stereocenters. The second-order valence-corrected chi connectivity index (χ2v) is 23.6. The van der Waals surface area contributed by atoms with Crippen LogP contribution in [0.3, 0.4) is 0 Å². The highest BCUT2D eigenvalue weighted by Gasteiger charge is 2.37. The van der Waals surface area contributed by atoms with Crippen LogP contribution in [0.1, 0.15) is 144 Å². The zero-order valence-electron chi connectivity index (χ0n) is 52.2. The van der Waals surface area contributed by atoms with Gasteiger partial charge in [-0.1, -0.05) is 123 Å². The lowest BCUT2D eigenvalue weighted by Gasteiger charge is -2.30. The van der Waals surface area contributed by atoms with E-state index in [2.05, 4.69) is 52.8 Å². The molecule has 3 aromatic rings. The average Bonchev–Trinajstić information content (AvgIpc) is 3.26. The van der Waals surface area contributed by atoms with Gasteiger partial charge in [-0.05, 0) is 112 Å². The molecule has 0 unspecified atom stereocenters. The van der Waals surface area contributed by atoms with Crippen LogP contribution in [0, 0.1) is 29.1 Å². The van der Waals surface area contributed by atoms with Gasteiger partial charge in [-0.3, -0.25) is 43.8 Å². The van der Waals surface area contributed by atoms with E-state index in [0.717, 1.165) is 10.9 Å². The number of carbonyl (C=O) groups excluding carboxylic acids is 8. The number of amides is 8. The number of guanidine groups is 1. The van der Waals surface area contributed by atoms with Crippen LogP contribution in [0.5, 0.6) is 0 Å². The molecule has 0 radical (unpaired) electrons. The number of carboxylic acid groups (broad SMARTS) is 1. The first kappa shape index (κ1) is 73.6. The Balaban J connectivity index is 2.03. The minimum absolute atomic E-state index is 0.0162. The fourth-order valence-electron chi connectivity index (χ4n) is 9.92. The molecule has 0 aliphatic heterocycles. The van der Waals surface area contributed by atoms with Crippen molar-refractivity contribution in [2.75, 3.05) is 19.6 Å². The molecule has 484 valence electrons. The van der Waals surface area contributed by atoms with Gasteiger partial charge in [-0.15, -0.1) is 0 Å². The van der Waals surface area contributed by atoms with Crippen molar-refractivity contribution in [3.8, 4) is 0 Å². The van der Waals surface area contributed by atoms with Crippen LogP contribution in [0.2, 0.25) is 0 Å². The molecule has 25 heteroatoms. The van der Waals surface area contributed by atoms with Crippen molar-refractivity contribution in [3.63, 3.8) is 0 Å². The van der Waals surface area contributed by atoms with Gasteiger partial charge in [0.15, 0.2) is 5.96 Å². The van der Waals surface area contributed by atoms with Crippen LogP contribution < -0.4 is 70.8 Å². The number of hydrogen-bond donors (Lipinski definition) is 16. The van der Waals surface area contributed by atoms with Crippen molar-refractivity contribution < 1.29 is 48.3 Å². The molecule has 0 fully saturated rings. The summed E-state index contributed by atoms with van der Waals surface area (Å²) in [4.78, 5) is 131. The molecule has 0 aliphatic carbocycles. The number of para-hydroxylation sites is 1. The summed E-state index contributed by atoms with van der Waals surface area (Å²) < 4.78 is 0. The van der Waals surface area contributed by atoms with Gasteiger partial charge in [0.25, 0.3) is 0 Å². The molecule has 0 saturated carbocycles. The fraction of sp³-hybridized carbons (Fsp3) is 0.613. The predicted octanol–water partition coefficient (Wildman–Crippen LogP) is 1.95. The van der Waals surface area contributed by atoms with Gasteiger partial charge >= 0.3 is 5.97 Å². The lowest BCUT2D eigenvalue weighted by Crippen LogP contribution is -2.62. The number of hydrogen-bond acceptors (Lipinski definition) is 13. The molecule has 0 saturated heterocycles. The zero-order valence-corrected chi connectivity index (χ0v) is 52.2. The van der Waals surface area contributed by atoms with Gasteiger partial charge in [0, 0.05) is 36.5 Å². The summed E-state index contributed by atoms with van der Waals surface area (Å²) >= 11 is 0. The highest BCUT2D eigenvalue weighted by atomic mass is 16.4. The van der Waals surface area contributed by atoms with Gasteiger partial charge in [0.05, 0.1) is 6.04 Å². The molecule has 0 bridgehead atoms. The molecule has 3 rings (SSSR count). The Bertz CT molecular complexity index is 2690. The number of unbranched alkanes of at least 4 members (excludes halogenated alkanes) is 2. The van der Waals surface area contributed by atoms with Crippen molar-refractivity contribution in [2.24, 2.45) is 46.6 Å². The third-order valence-corrected chi connectivity index (χ3v) is 15.4. The summed E-state index contributed by atoms with van der Waals surface area (Å²) in [6.07, 6.45) is 5.61. The number of carboxylic acids is 1. The maximum absolute atomic E-state index is 14.9. The van der Waals surface area contributed by atoms with E-state index in [1.807, 2.05) is 58.9 Å². The molecule has 1 aromatic heterocycles. The number of rotatable bonds is 41. The van der Waals surface area contributed by atoms with Crippen LogP contribution in [0.25, 0.3) is 10.9 Å². The lowest BCUT2D eigenvalue weighted by molar-refractivity contribution is -0.144. The third kappa shape index (κ3) is 25.7. The van der Waals surface area contributed by atoms with Gasteiger partial charge in [0.1, 0.15) is 48.3 Å². The van der Waals surface area contributed by atoms with Crippen LogP contribution in [-0.2, 0) is 56.0 Å². The van der Waals surface area contributed by atoms with E-state index < -0.39 is 119 Å². The van der Waals surface area contributed by atoms with Crippen LogP contribution in [-0.4, -0.2) is 143 Å². The van der Waals surface area contributed by atoms with Gasteiger partial charge in [-0.2, -0.15) is 0 Å². The van der Waals surface area contributed by atoms with Crippen LogP contribution in [0.15, 0.2) is 60.8 Å². The number of aromatic nitrogens is 1. The molecular weight excluding hydrogens is 1110 g/mol. The van der Waals surface area contributed by atoms with E-state index in [0.29, 0.717) is 62.6 Å². The number of H-pyrrole nitrogens is 1. The highest BCUT2D eigenvalue weighted by molar-refractivity contribution is 5.98. The minimum atomic E-state index is -1.38. The highest BCUT2D eigenvalue weighted by Crippen LogP contribution is 2.21. The molecule has 20 N–H and O–H groups in total. The summed E-state index contributed by atoms with van der Waals surface area (Å²) in [6.45, 7) is 15.4. The number of nitrogens with two attached hydrogens (primary N) is 4. The van der Waals surface area contributed by atoms with Crippen molar-refractivity contribution in [1.82, 2.24) is 52.8 Å². The summed E-state index contributed by atoms with van der Waals surface area (Å²) in [5.41, 5.74) is 25.2. The van der Waals surface area contributed by atoms with Gasteiger partial charge < -0.3 is 80.9 Å². The van der Waals surface area contributed by atoms with Crippen LogP contribution in [0.4, 0.5) is 0 Å². The zero-order chi connectivity index (χ0) is 64.8. The van der Waals surface area contributed by atoms with Gasteiger partial charge in [0.2, 0.25) is 47.3 Å². The number of fused-ring (bicyclic) bond motifs is 1. The summed E-state index contributed by atoms with van der Waals surface area (Å²) in [7, 11) is 0. The maximum Gasteiger partial charge on any atom is 0.326 e. The molecular formula is C62H101N15O10. The number of benzene rings is 2. The van der Waals surface area contributed by atoms with Gasteiger partial charge in [-0.25, -0.2) is 4.79 Å². The Morgan fingerprint density at radius 3 is 1.51 bits per heavy atom. The fourth-order valence-corrected chi connectivity index (χ4v) is 9.92. The van der Waals surface area contributed by atoms with Crippen molar-refractivity contribution >= 4 is 70.1 Å². The van der Waals surface area contributed by atoms with Crippen LogP contribution >= 0.6 is 0 Å². The Kier molecular flexibility index (Phi) is 32.6. The Morgan fingerprint density at radius 2 is 0.954 bits per heavy atom. The maximum atomic E-state index is 14.9. The molecule has 87 heavy (non-hydrogen) atoms. The van der Waals surface area contributed by atoms with E-state index in [-0.39, 0.29) is 75.8 Å². The third-order valence-electron chi connectivity index (χ3n) is 15.4. The standard InChI is InChI=1S/C62H101N15O10/c1-9-38(7)51(60(85)75-50(34-41-35-69-44-25-15-14-23-42(41)44)58(83)71-46(27-20-30-68-62(66)67)55(80)77-52(61(86)87)39(8)10-2)76-59(84)49(33-40-21-12-11-13-22-40)74-54(79)45(26-17-19-29-64)70-56(81)48(32-37(5)6)73-57(82)47(31-36(3)4)72-53(78)43(65)24-16-18-28-63/h11-15,21-23,25,35-39,43,45-52,69H,9-10,16-20,24,26-34,63-65H2,1-8H3,(H,70,81)(H,71,83)(H,72,78)(H,73,82)(H,74,79)(H,75,85)(H,76,84)(H,77,80)(H,86,87)(H4,66,67,68)/t38-,39-,43-,45-,46-,47-,48-,49-,50-,51-,52-/m0/s1. The van der Waals surface area contributed by atoms with E-state index in [1.165, 1.54) is 0 Å². The molecule has 0 aliphatic rings. The average molecular weight is 1220 g/mol.